The Morgan fingerprint density at radius 1 is 1.28 bits per heavy atom. The van der Waals surface area contributed by atoms with Gasteiger partial charge in [-0.3, -0.25) is 0 Å². The lowest BCUT2D eigenvalue weighted by atomic mass is 9.85. The Labute approximate surface area is 106 Å². The third-order valence-corrected chi connectivity index (χ3v) is 3.79. The summed E-state index contributed by atoms with van der Waals surface area (Å²) in [6, 6.07) is 4.13. The summed E-state index contributed by atoms with van der Waals surface area (Å²) in [7, 11) is 0. The number of halogens is 2. The first-order chi connectivity index (χ1) is 8.54. The summed E-state index contributed by atoms with van der Waals surface area (Å²) in [5.74, 6) is -1.68. The molecule has 0 aromatic heterocycles. The summed E-state index contributed by atoms with van der Waals surface area (Å²) in [6.45, 7) is 4.66. The molecule has 0 atom stereocenters. The van der Waals surface area contributed by atoms with Crippen LogP contribution in [0.1, 0.15) is 25.3 Å². The van der Waals surface area contributed by atoms with Crippen molar-refractivity contribution < 1.29 is 13.9 Å². The molecule has 0 saturated carbocycles. The van der Waals surface area contributed by atoms with E-state index in [-0.39, 0.29) is 12.0 Å². The molecule has 1 aliphatic heterocycles. The van der Waals surface area contributed by atoms with Gasteiger partial charge in [0, 0.05) is 19.5 Å². The summed E-state index contributed by atoms with van der Waals surface area (Å²) in [4.78, 5) is 2.25. The highest BCUT2D eigenvalue weighted by atomic mass is 19.2. The van der Waals surface area contributed by atoms with Gasteiger partial charge in [0.1, 0.15) is 0 Å². The van der Waals surface area contributed by atoms with Crippen molar-refractivity contribution in [1.82, 2.24) is 4.90 Å². The molecular weight excluding hydrogens is 236 g/mol. The molecule has 2 nitrogen and oxygen atoms in total. The number of benzene rings is 1. The Kier molecular flexibility index (Phi) is 3.97. The fraction of sp³-hybridized carbons (Fsp3) is 0.571. The number of hydrogen-bond donors (Lipinski definition) is 1. The number of rotatable bonds is 3. The van der Waals surface area contributed by atoms with Crippen molar-refractivity contribution in [3.8, 4) is 0 Å². The molecule has 0 bridgehead atoms. The van der Waals surface area contributed by atoms with E-state index in [1.165, 1.54) is 6.07 Å². The van der Waals surface area contributed by atoms with Crippen LogP contribution < -0.4 is 0 Å². The minimum absolute atomic E-state index is 0.189. The summed E-state index contributed by atoms with van der Waals surface area (Å²) < 4.78 is 26.7. The molecule has 1 heterocycles. The van der Waals surface area contributed by atoms with Gasteiger partial charge >= 0.3 is 0 Å². The van der Waals surface area contributed by atoms with E-state index >= 15 is 0 Å². The Hall–Kier alpha value is -1.00. The Balaban J connectivity index is 2.07. The zero-order valence-electron chi connectivity index (χ0n) is 10.6. The second-order valence-corrected chi connectivity index (χ2v) is 5.05. The van der Waals surface area contributed by atoms with Crippen LogP contribution in [0.15, 0.2) is 18.2 Å². The van der Waals surface area contributed by atoms with Gasteiger partial charge in [-0.05, 0) is 31.0 Å². The SMILES string of the molecule is CCN1CCC(O)(Cc2cccc(F)c2F)CC1. The molecule has 0 spiro atoms. The average molecular weight is 255 g/mol. The molecule has 1 aromatic rings. The number of hydrogen-bond acceptors (Lipinski definition) is 2. The standard InChI is InChI=1S/C14H19F2NO/c1-2-17-8-6-14(18,7-9-17)10-11-4-3-5-12(15)13(11)16/h3-5,18H,2,6-10H2,1H3. The monoisotopic (exact) mass is 255 g/mol. The van der Waals surface area contributed by atoms with Crippen LogP contribution in [0.4, 0.5) is 8.78 Å². The topological polar surface area (TPSA) is 23.5 Å². The lowest BCUT2D eigenvalue weighted by Gasteiger charge is -2.38. The number of piperidine rings is 1. The third kappa shape index (κ3) is 2.87. The molecule has 1 aliphatic rings. The van der Waals surface area contributed by atoms with Crippen LogP contribution in [0.3, 0.4) is 0 Å². The first-order valence-corrected chi connectivity index (χ1v) is 6.42. The molecule has 0 aliphatic carbocycles. The number of aliphatic hydroxyl groups is 1. The van der Waals surface area contributed by atoms with Crippen LogP contribution in [0, 0.1) is 11.6 Å². The minimum atomic E-state index is -0.902. The first-order valence-electron chi connectivity index (χ1n) is 6.42. The average Bonchev–Trinajstić information content (AvgIpc) is 2.36. The van der Waals surface area contributed by atoms with Crippen molar-refractivity contribution in [2.75, 3.05) is 19.6 Å². The summed E-state index contributed by atoms with van der Waals surface area (Å²) in [6.07, 6.45) is 1.40. The molecule has 1 aromatic carbocycles. The third-order valence-electron chi connectivity index (χ3n) is 3.79. The van der Waals surface area contributed by atoms with Gasteiger partial charge in [0.2, 0.25) is 0 Å². The zero-order chi connectivity index (χ0) is 13.2. The van der Waals surface area contributed by atoms with Crippen LogP contribution >= 0.6 is 0 Å². The van der Waals surface area contributed by atoms with E-state index in [9.17, 15) is 13.9 Å². The van der Waals surface area contributed by atoms with Gasteiger partial charge in [-0.1, -0.05) is 19.1 Å². The van der Waals surface area contributed by atoms with Crippen molar-refractivity contribution in [1.29, 1.82) is 0 Å². The molecule has 2 rings (SSSR count). The quantitative estimate of drug-likeness (QED) is 0.896. The summed E-state index contributed by atoms with van der Waals surface area (Å²) in [5, 5.41) is 10.4. The molecule has 18 heavy (non-hydrogen) atoms. The maximum atomic E-state index is 13.6. The van der Waals surface area contributed by atoms with Crippen LogP contribution in [-0.2, 0) is 6.42 Å². The lowest BCUT2D eigenvalue weighted by Crippen LogP contribution is -2.45. The largest absolute Gasteiger partial charge is 0.389 e. The maximum Gasteiger partial charge on any atom is 0.162 e. The smallest absolute Gasteiger partial charge is 0.162 e. The Bertz CT molecular complexity index is 414. The highest BCUT2D eigenvalue weighted by molar-refractivity contribution is 5.21. The van der Waals surface area contributed by atoms with Gasteiger partial charge in [0.15, 0.2) is 11.6 Å². The zero-order valence-corrected chi connectivity index (χ0v) is 10.6. The van der Waals surface area contributed by atoms with Gasteiger partial charge in [0.25, 0.3) is 0 Å². The molecule has 0 unspecified atom stereocenters. The van der Waals surface area contributed by atoms with Gasteiger partial charge in [-0.2, -0.15) is 0 Å². The van der Waals surface area contributed by atoms with Crippen LogP contribution in [0.25, 0.3) is 0 Å². The van der Waals surface area contributed by atoms with Crippen molar-refractivity contribution in [2.45, 2.75) is 31.8 Å². The van der Waals surface area contributed by atoms with Gasteiger partial charge in [0.05, 0.1) is 5.60 Å². The Morgan fingerprint density at radius 3 is 2.56 bits per heavy atom. The van der Waals surface area contributed by atoms with E-state index in [0.29, 0.717) is 12.8 Å². The lowest BCUT2D eigenvalue weighted by molar-refractivity contribution is -0.0200. The normalized spacial score (nSPS) is 20.0. The van der Waals surface area contributed by atoms with Gasteiger partial charge < -0.3 is 10.0 Å². The molecule has 100 valence electrons. The fourth-order valence-electron chi connectivity index (χ4n) is 2.50. The molecule has 0 amide bonds. The highest BCUT2D eigenvalue weighted by Crippen LogP contribution is 2.27. The highest BCUT2D eigenvalue weighted by Gasteiger charge is 2.32. The number of nitrogens with zero attached hydrogens (tertiary/aromatic N) is 1. The predicted octanol–water partition coefficient (Wildman–Crippen LogP) is 2.35. The molecule has 0 radical (unpaired) electrons. The van der Waals surface area contributed by atoms with Gasteiger partial charge in [-0.15, -0.1) is 0 Å². The van der Waals surface area contributed by atoms with Crippen LogP contribution in [0.5, 0.6) is 0 Å². The molecule has 1 saturated heterocycles. The van der Waals surface area contributed by atoms with E-state index in [1.54, 1.807) is 6.07 Å². The van der Waals surface area contributed by atoms with E-state index in [2.05, 4.69) is 11.8 Å². The van der Waals surface area contributed by atoms with Crippen molar-refractivity contribution in [3.05, 3.63) is 35.4 Å². The molecule has 4 heteroatoms. The predicted molar refractivity (Wildman–Crippen MR) is 66.4 cm³/mol. The Morgan fingerprint density at radius 2 is 1.94 bits per heavy atom. The molecule has 1 N–H and O–H groups in total. The van der Waals surface area contributed by atoms with E-state index < -0.39 is 17.2 Å². The second kappa shape index (κ2) is 5.33. The summed E-state index contributed by atoms with van der Waals surface area (Å²) >= 11 is 0. The van der Waals surface area contributed by atoms with Crippen molar-refractivity contribution in [3.63, 3.8) is 0 Å². The maximum absolute atomic E-state index is 13.6. The minimum Gasteiger partial charge on any atom is -0.389 e. The van der Waals surface area contributed by atoms with E-state index in [0.717, 1.165) is 25.7 Å². The van der Waals surface area contributed by atoms with Gasteiger partial charge in [-0.25, -0.2) is 8.78 Å². The molecule has 1 fully saturated rings. The van der Waals surface area contributed by atoms with E-state index in [4.69, 9.17) is 0 Å². The van der Waals surface area contributed by atoms with Crippen LogP contribution in [-0.4, -0.2) is 35.2 Å². The number of likely N-dealkylation sites (tertiary alicyclic amines) is 1. The van der Waals surface area contributed by atoms with Crippen molar-refractivity contribution in [2.24, 2.45) is 0 Å². The van der Waals surface area contributed by atoms with Crippen molar-refractivity contribution >= 4 is 0 Å². The second-order valence-electron chi connectivity index (χ2n) is 5.05. The van der Waals surface area contributed by atoms with Crippen LogP contribution in [0.2, 0.25) is 0 Å². The summed E-state index contributed by atoms with van der Waals surface area (Å²) in [5.41, 5.74) is -0.636. The molecular formula is C14H19F2NO. The fourth-order valence-corrected chi connectivity index (χ4v) is 2.50. The van der Waals surface area contributed by atoms with E-state index in [1.807, 2.05) is 0 Å². The first kappa shape index (κ1) is 13.4.